The van der Waals surface area contributed by atoms with Gasteiger partial charge in [0.25, 0.3) is 10.0 Å². The SMILES string of the molecule is CNCc1cc(S(=O)(=O)Nc2cccc(F)c2)c(Br)o1. The van der Waals surface area contributed by atoms with Crippen molar-refractivity contribution in [1.82, 2.24) is 5.32 Å². The number of hydrogen-bond donors (Lipinski definition) is 2. The third-order valence-electron chi connectivity index (χ3n) is 2.42. The number of anilines is 1. The highest BCUT2D eigenvalue weighted by Gasteiger charge is 2.22. The first-order valence-electron chi connectivity index (χ1n) is 5.63. The second-order valence-electron chi connectivity index (χ2n) is 4.00. The molecule has 0 fully saturated rings. The molecule has 0 aliphatic heterocycles. The second kappa shape index (κ2) is 5.94. The van der Waals surface area contributed by atoms with Crippen LogP contribution in [0.1, 0.15) is 5.76 Å². The minimum atomic E-state index is -3.84. The Kier molecular flexibility index (Phi) is 4.46. The summed E-state index contributed by atoms with van der Waals surface area (Å²) in [6, 6.07) is 6.62. The molecule has 1 aromatic carbocycles. The van der Waals surface area contributed by atoms with Gasteiger partial charge in [-0.15, -0.1) is 0 Å². The van der Waals surface area contributed by atoms with Crippen LogP contribution in [-0.2, 0) is 16.6 Å². The monoisotopic (exact) mass is 362 g/mol. The number of hydrogen-bond acceptors (Lipinski definition) is 4. The van der Waals surface area contributed by atoms with Crippen molar-refractivity contribution < 1.29 is 17.2 Å². The molecule has 0 aliphatic carbocycles. The van der Waals surface area contributed by atoms with Crippen LogP contribution in [0.2, 0.25) is 0 Å². The average Bonchev–Trinajstić information content (AvgIpc) is 2.71. The van der Waals surface area contributed by atoms with Crippen LogP contribution in [-0.4, -0.2) is 15.5 Å². The zero-order valence-electron chi connectivity index (χ0n) is 10.5. The van der Waals surface area contributed by atoms with E-state index in [1.54, 1.807) is 7.05 Å². The van der Waals surface area contributed by atoms with Gasteiger partial charge in [0.05, 0.1) is 12.2 Å². The standard InChI is InChI=1S/C12H12BrFN2O3S/c1-15-7-10-6-11(12(13)19-10)20(17,18)16-9-4-2-3-8(14)5-9/h2-6,15-16H,7H2,1H3. The van der Waals surface area contributed by atoms with Gasteiger partial charge in [-0.1, -0.05) is 6.07 Å². The van der Waals surface area contributed by atoms with Gasteiger partial charge in [0.2, 0.25) is 0 Å². The molecular weight excluding hydrogens is 351 g/mol. The van der Waals surface area contributed by atoms with E-state index in [-0.39, 0.29) is 15.3 Å². The van der Waals surface area contributed by atoms with Crippen LogP contribution in [0, 0.1) is 5.82 Å². The van der Waals surface area contributed by atoms with Crippen molar-refractivity contribution in [3.05, 3.63) is 46.6 Å². The largest absolute Gasteiger partial charge is 0.451 e. The first kappa shape index (κ1) is 15.0. The molecule has 2 N–H and O–H groups in total. The lowest BCUT2D eigenvalue weighted by molar-refractivity contribution is 0.470. The van der Waals surface area contributed by atoms with Crippen LogP contribution in [0.5, 0.6) is 0 Å². The van der Waals surface area contributed by atoms with Crippen LogP contribution in [0.25, 0.3) is 0 Å². The van der Waals surface area contributed by atoms with Crippen molar-refractivity contribution in [1.29, 1.82) is 0 Å². The molecule has 0 spiro atoms. The van der Waals surface area contributed by atoms with Crippen LogP contribution in [0.15, 0.2) is 44.3 Å². The molecule has 0 saturated carbocycles. The Morgan fingerprint density at radius 1 is 1.35 bits per heavy atom. The minimum absolute atomic E-state index is 0.0352. The Balaban J connectivity index is 2.30. The predicted octanol–water partition coefficient (Wildman–Crippen LogP) is 2.70. The van der Waals surface area contributed by atoms with Gasteiger partial charge in [-0.05, 0) is 41.2 Å². The molecular formula is C12H12BrFN2O3S. The van der Waals surface area contributed by atoms with Gasteiger partial charge in [-0.25, -0.2) is 12.8 Å². The lowest BCUT2D eigenvalue weighted by Gasteiger charge is -2.06. The summed E-state index contributed by atoms with van der Waals surface area (Å²) in [5.74, 6) is -0.0497. The predicted molar refractivity (Wildman–Crippen MR) is 76.4 cm³/mol. The molecule has 0 atom stereocenters. The molecule has 20 heavy (non-hydrogen) atoms. The highest BCUT2D eigenvalue weighted by atomic mass is 79.9. The van der Waals surface area contributed by atoms with Crippen molar-refractivity contribution in [2.24, 2.45) is 0 Å². The Bertz CT molecular complexity index is 715. The van der Waals surface area contributed by atoms with E-state index in [1.807, 2.05) is 0 Å². The lowest BCUT2D eigenvalue weighted by atomic mass is 10.3. The van der Waals surface area contributed by atoms with E-state index in [1.165, 1.54) is 24.3 Å². The number of sulfonamides is 1. The summed E-state index contributed by atoms with van der Waals surface area (Å²) < 4.78 is 45.1. The zero-order valence-corrected chi connectivity index (χ0v) is 12.9. The molecule has 1 heterocycles. The third kappa shape index (κ3) is 3.38. The fraction of sp³-hybridized carbons (Fsp3) is 0.167. The molecule has 5 nitrogen and oxygen atoms in total. The Hall–Kier alpha value is -1.38. The lowest BCUT2D eigenvalue weighted by Crippen LogP contribution is -2.12. The van der Waals surface area contributed by atoms with Crippen LogP contribution in [0.4, 0.5) is 10.1 Å². The van der Waals surface area contributed by atoms with Gasteiger partial charge in [0.1, 0.15) is 16.5 Å². The summed E-state index contributed by atoms with van der Waals surface area (Å²) in [6.45, 7) is 0.397. The van der Waals surface area contributed by atoms with E-state index in [4.69, 9.17) is 4.42 Å². The van der Waals surface area contributed by atoms with E-state index in [2.05, 4.69) is 26.0 Å². The molecule has 2 aromatic rings. The maximum absolute atomic E-state index is 13.1. The van der Waals surface area contributed by atoms with Gasteiger partial charge < -0.3 is 9.73 Å². The summed E-state index contributed by atoms with van der Waals surface area (Å²) in [5.41, 5.74) is 0.147. The second-order valence-corrected chi connectivity index (χ2v) is 6.37. The quantitative estimate of drug-likeness (QED) is 0.857. The number of benzene rings is 1. The molecule has 1 aromatic heterocycles. The number of rotatable bonds is 5. The molecule has 0 aliphatic rings. The van der Waals surface area contributed by atoms with E-state index >= 15 is 0 Å². The van der Waals surface area contributed by atoms with Gasteiger partial charge in [0.15, 0.2) is 4.67 Å². The fourth-order valence-corrected chi connectivity index (χ4v) is 3.65. The summed E-state index contributed by atoms with van der Waals surface area (Å²) in [6.07, 6.45) is 0. The topological polar surface area (TPSA) is 71.3 Å². The first-order chi connectivity index (χ1) is 9.42. The Morgan fingerprint density at radius 2 is 2.10 bits per heavy atom. The minimum Gasteiger partial charge on any atom is -0.451 e. The van der Waals surface area contributed by atoms with Gasteiger partial charge in [-0.3, -0.25) is 4.72 Å². The smallest absolute Gasteiger partial charge is 0.266 e. The normalized spacial score (nSPS) is 11.6. The van der Waals surface area contributed by atoms with Crippen molar-refractivity contribution in [3.8, 4) is 0 Å². The number of nitrogens with one attached hydrogen (secondary N) is 2. The molecule has 0 unspecified atom stereocenters. The average molecular weight is 363 g/mol. The molecule has 0 saturated heterocycles. The van der Waals surface area contributed by atoms with Crippen LogP contribution in [0.3, 0.4) is 0 Å². The number of furan rings is 1. The first-order valence-corrected chi connectivity index (χ1v) is 7.91. The van der Waals surface area contributed by atoms with E-state index in [0.29, 0.717) is 12.3 Å². The molecule has 0 radical (unpaired) electrons. The van der Waals surface area contributed by atoms with Gasteiger partial charge in [0, 0.05) is 6.07 Å². The Labute approximate surface area is 124 Å². The fourth-order valence-electron chi connectivity index (χ4n) is 1.60. The van der Waals surface area contributed by atoms with Crippen molar-refractivity contribution in [2.75, 3.05) is 11.8 Å². The van der Waals surface area contributed by atoms with Crippen LogP contribution < -0.4 is 10.0 Å². The van der Waals surface area contributed by atoms with Gasteiger partial charge in [-0.2, -0.15) is 0 Å². The molecule has 0 amide bonds. The molecule has 2 rings (SSSR count). The molecule has 108 valence electrons. The highest BCUT2D eigenvalue weighted by molar-refractivity contribution is 9.10. The van der Waals surface area contributed by atoms with E-state index in [9.17, 15) is 12.8 Å². The van der Waals surface area contributed by atoms with E-state index in [0.717, 1.165) is 6.07 Å². The van der Waals surface area contributed by atoms with E-state index < -0.39 is 15.8 Å². The summed E-state index contributed by atoms with van der Waals surface area (Å²) >= 11 is 3.06. The van der Waals surface area contributed by atoms with Crippen molar-refractivity contribution >= 4 is 31.6 Å². The Morgan fingerprint density at radius 3 is 2.75 bits per heavy atom. The summed E-state index contributed by atoms with van der Waals surface area (Å²) in [7, 11) is -2.13. The molecule has 0 bridgehead atoms. The molecule has 8 heteroatoms. The van der Waals surface area contributed by atoms with Gasteiger partial charge >= 0.3 is 0 Å². The number of halogens is 2. The maximum Gasteiger partial charge on any atom is 0.266 e. The maximum atomic E-state index is 13.1. The van der Waals surface area contributed by atoms with Crippen molar-refractivity contribution in [2.45, 2.75) is 11.4 Å². The highest BCUT2D eigenvalue weighted by Crippen LogP contribution is 2.28. The summed E-state index contributed by atoms with van der Waals surface area (Å²) in [4.78, 5) is -0.0352. The van der Waals surface area contributed by atoms with Crippen LogP contribution >= 0.6 is 15.9 Å². The zero-order chi connectivity index (χ0) is 14.8. The third-order valence-corrected chi connectivity index (χ3v) is 4.66. The summed E-state index contributed by atoms with van der Waals surface area (Å²) in [5, 5.41) is 2.85. The van der Waals surface area contributed by atoms with Crippen molar-refractivity contribution in [3.63, 3.8) is 0 Å².